The summed E-state index contributed by atoms with van der Waals surface area (Å²) in [7, 11) is 0. The van der Waals surface area contributed by atoms with Gasteiger partial charge in [0.05, 0.1) is 0 Å². The molecule has 0 rings (SSSR count). The summed E-state index contributed by atoms with van der Waals surface area (Å²) in [4.78, 5) is 0. The molecule has 30 valence electrons. The van der Waals surface area contributed by atoms with Gasteiger partial charge < -0.3 is 10.0 Å². The first-order valence-electron chi connectivity index (χ1n) is 0.851. The van der Waals surface area contributed by atoms with Gasteiger partial charge in [-0.3, -0.25) is 0 Å². The molecule has 0 unspecified atom stereocenters. The number of rotatable bonds is 0. The smallest absolute Gasteiger partial charge is 0.275 e. The van der Waals surface area contributed by atoms with E-state index in [9.17, 15) is 0 Å². The molecule has 0 saturated heterocycles. The molecule has 0 bridgehead atoms. The maximum absolute atomic E-state index is 4.67. The van der Waals surface area contributed by atoms with Gasteiger partial charge in [0.1, 0.15) is 11.9 Å². The topological polar surface area (TPSA) is 35.2 Å². The molecule has 0 saturated carbocycles. The van der Waals surface area contributed by atoms with Gasteiger partial charge in [-0.2, -0.15) is 0 Å². The number of hydrogen-bond acceptors (Lipinski definition) is 2. The lowest BCUT2D eigenvalue weighted by Crippen LogP contribution is -2.05. The Kier molecular flexibility index (Phi) is 2.22. The molecular weight excluding hydrogens is 110 g/mol. The Balaban J connectivity index is 2.85. The fourth-order valence-corrected chi connectivity index (χ4v) is 0. The Morgan fingerprint density at radius 3 is 2.20 bits per heavy atom. The Bertz CT molecular complexity index is 46.9. The average Bonchev–Trinajstić information content (AvgIpc) is 1.38. The maximum Gasteiger partial charge on any atom is 0.275 e. The fourth-order valence-electron chi connectivity index (χ4n) is 0. The zero-order valence-corrected chi connectivity index (χ0v) is 3.84. The Morgan fingerprint density at radius 2 is 2.20 bits per heavy atom. The summed E-state index contributed by atoms with van der Waals surface area (Å²) in [6, 6.07) is 0. The fraction of sp³-hybridized carbons (Fsp3) is 0. The number of halogens is 1. The highest BCUT2D eigenvalue weighted by Gasteiger charge is 1.73. The molecule has 0 aliphatic rings. The molecule has 0 radical (unpaired) electrons. The van der Waals surface area contributed by atoms with Gasteiger partial charge in [-0.25, -0.2) is 0 Å². The second-order valence-electron chi connectivity index (χ2n) is 0.396. The van der Waals surface area contributed by atoms with Crippen molar-refractivity contribution in [2.45, 2.75) is 0 Å². The Hall–Kier alpha value is -0.0200. The lowest BCUT2D eigenvalue weighted by Gasteiger charge is -1.79. The summed E-state index contributed by atoms with van der Waals surface area (Å²) < 4.78 is 3.73. The van der Waals surface area contributed by atoms with Crippen LogP contribution in [0.5, 0.6) is 0 Å². The third-order valence-corrected chi connectivity index (χ3v) is 0.417. The quantitative estimate of drug-likeness (QED) is 0.460. The normalized spacial score (nSPS) is 6.60. The predicted octanol–water partition coefficient (Wildman–Crippen LogP) is 0.400. The summed E-state index contributed by atoms with van der Waals surface area (Å²) in [5.41, 5.74) is 4.67. The Morgan fingerprint density at radius 1 is 2.00 bits per heavy atom. The van der Waals surface area contributed by atoms with Gasteiger partial charge in [0, 0.05) is 0 Å². The molecule has 0 fully saturated rings. The van der Waals surface area contributed by atoms with Crippen LogP contribution in [-0.4, -0.2) is 5.17 Å². The van der Waals surface area contributed by atoms with Crippen LogP contribution < -0.4 is 5.73 Å². The third kappa shape index (κ3) is 3.98. The second-order valence-corrected chi connectivity index (χ2v) is 0.953. The largest absolute Gasteiger partial charge is 0.359 e. The first kappa shape index (κ1) is 4.98. The zero-order chi connectivity index (χ0) is 4.28. The highest BCUT2D eigenvalue weighted by Crippen LogP contribution is 1.73. The van der Waals surface area contributed by atoms with Crippen LogP contribution in [0.2, 0.25) is 0 Å². The van der Waals surface area contributed by atoms with E-state index < -0.39 is 0 Å². The van der Waals surface area contributed by atoms with Gasteiger partial charge in [0.15, 0.2) is 0 Å². The first-order valence-corrected chi connectivity index (χ1v) is 1.57. The van der Waals surface area contributed by atoms with E-state index in [1.54, 1.807) is 0 Å². The lowest BCUT2D eigenvalue weighted by atomic mass is 11.4. The van der Waals surface area contributed by atoms with Crippen molar-refractivity contribution in [3.05, 3.63) is 0 Å². The van der Waals surface area contributed by atoms with Crippen LogP contribution >= 0.6 is 24.1 Å². The van der Waals surface area contributed by atoms with Gasteiger partial charge in [-0.1, -0.05) is 0 Å². The minimum absolute atomic E-state index is 0.147. The van der Waals surface area contributed by atoms with Crippen molar-refractivity contribution >= 4 is 29.3 Å². The van der Waals surface area contributed by atoms with Crippen LogP contribution in [0, 0.1) is 0 Å². The number of thiocarbonyl (C=S) groups is 1. The molecular formula is CH2ClNOS. The molecule has 0 atom stereocenters. The lowest BCUT2D eigenvalue weighted by molar-refractivity contribution is 0.624. The van der Waals surface area contributed by atoms with Crippen molar-refractivity contribution in [1.82, 2.24) is 0 Å². The van der Waals surface area contributed by atoms with Gasteiger partial charge in [0.2, 0.25) is 0 Å². The third-order valence-electron chi connectivity index (χ3n) is 0.0760. The molecule has 4 heteroatoms. The van der Waals surface area contributed by atoms with E-state index in [-0.39, 0.29) is 5.17 Å². The highest BCUT2D eigenvalue weighted by molar-refractivity contribution is 7.80. The van der Waals surface area contributed by atoms with E-state index in [4.69, 9.17) is 0 Å². The summed E-state index contributed by atoms with van der Waals surface area (Å²) >= 11 is 8.69. The van der Waals surface area contributed by atoms with Crippen molar-refractivity contribution in [3.8, 4) is 0 Å². The minimum atomic E-state index is -0.147. The van der Waals surface area contributed by atoms with E-state index >= 15 is 0 Å². The van der Waals surface area contributed by atoms with E-state index in [1.165, 1.54) is 0 Å². The van der Waals surface area contributed by atoms with E-state index in [1.807, 2.05) is 0 Å². The van der Waals surface area contributed by atoms with Gasteiger partial charge in [0.25, 0.3) is 5.17 Å². The Labute approximate surface area is 40.0 Å². The molecule has 0 aliphatic heterocycles. The average molecular weight is 112 g/mol. The van der Waals surface area contributed by atoms with Crippen LogP contribution in [0.3, 0.4) is 0 Å². The molecule has 0 aromatic heterocycles. The van der Waals surface area contributed by atoms with E-state index in [2.05, 4.69) is 34.1 Å². The summed E-state index contributed by atoms with van der Waals surface area (Å²) in [6.45, 7) is 0. The number of nitrogens with two attached hydrogens (primary N) is 1. The number of hydrogen-bond donors (Lipinski definition) is 1. The molecule has 0 aromatic carbocycles. The standard InChI is InChI=1S/CH2ClNOS/c2-4-1(3)5/h(H2,3,5). The van der Waals surface area contributed by atoms with Crippen LogP contribution in [-0.2, 0) is 4.29 Å². The molecule has 2 N–H and O–H groups in total. The molecule has 0 spiro atoms. The molecule has 0 aromatic rings. The predicted molar refractivity (Wildman–Crippen MR) is 23.7 cm³/mol. The molecule has 0 aliphatic carbocycles. The van der Waals surface area contributed by atoms with Crippen molar-refractivity contribution < 1.29 is 4.29 Å². The van der Waals surface area contributed by atoms with Crippen LogP contribution in [0.15, 0.2) is 0 Å². The summed E-state index contributed by atoms with van der Waals surface area (Å²) in [6.07, 6.45) is 0. The van der Waals surface area contributed by atoms with Crippen molar-refractivity contribution in [2.75, 3.05) is 0 Å². The molecule has 2 nitrogen and oxygen atoms in total. The molecule has 0 amide bonds. The maximum atomic E-state index is 4.67. The van der Waals surface area contributed by atoms with E-state index in [0.717, 1.165) is 0 Å². The van der Waals surface area contributed by atoms with Gasteiger partial charge >= 0.3 is 0 Å². The summed E-state index contributed by atoms with van der Waals surface area (Å²) in [5, 5.41) is -0.147. The van der Waals surface area contributed by atoms with Gasteiger partial charge in [-0.15, -0.1) is 0 Å². The van der Waals surface area contributed by atoms with Crippen LogP contribution in [0.4, 0.5) is 0 Å². The second kappa shape index (κ2) is 2.23. The van der Waals surface area contributed by atoms with Crippen molar-refractivity contribution in [1.29, 1.82) is 0 Å². The summed E-state index contributed by atoms with van der Waals surface area (Å²) in [5.74, 6) is 0. The molecule has 0 heterocycles. The first-order chi connectivity index (χ1) is 2.27. The van der Waals surface area contributed by atoms with Crippen molar-refractivity contribution in [2.24, 2.45) is 5.73 Å². The monoisotopic (exact) mass is 111 g/mol. The van der Waals surface area contributed by atoms with Gasteiger partial charge in [-0.05, 0) is 12.2 Å². The van der Waals surface area contributed by atoms with Crippen LogP contribution in [0.1, 0.15) is 0 Å². The highest BCUT2D eigenvalue weighted by atomic mass is 35.5. The van der Waals surface area contributed by atoms with Crippen molar-refractivity contribution in [3.63, 3.8) is 0 Å². The van der Waals surface area contributed by atoms with Crippen LogP contribution in [0.25, 0.3) is 0 Å². The molecule has 5 heavy (non-hydrogen) atoms. The zero-order valence-electron chi connectivity index (χ0n) is 2.27. The SMILES string of the molecule is NC(=S)OCl. The minimum Gasteiger partial charge on any atom is -0.359 e. The van der Waals surface area contributed by atoms with E-state index in [0.29, 0.717) is 0 Å².